The predicted molar refractivity (Wildman–Crippen MR) is 155 cm³/mol. The van der Waals surface area contributed by atoms with Crippen LogP contribution in [0.1, 0.15) is 5.56 Å². The molecule has 1 fully saturated rings. The lowest BCUT2D eigenvalue weighted by atomic mass is 9.99. The van der Waals surface area contributed by atoms with Crippen LogP contribution >= 0.6 is 11.8 Å². The molecule has 3 aromatic carbocycles. The van der Waals surface area contributed by atoms with Gasteiger partial charge in [0.2, 0.25) is 17.5 Å². The first-order valence-corrected chi connectivity index (χ1v) is 14.0. The van der Waals surface area contributed by atoms with Crippen molar-refractivity contribution in [3.8, 4) is 17.3 Å². The van der Waals surface area contributed by atoms with Crippen molar-refractivity contribution in [3.05, 3.63) is 89.5 Å². The maximum atomic E-state index is 10.3. The summed E-state index contributed by atoms with van der Waals surface area (Å²) in [6.45, 7) is -0.526. The quantitative estimate of drug-likeness (QED) is 0.258. The van der Waals surface area contributed by atoms with E-state index in [4.69, 9.17) is 14.2 Å². The molecular weight excluding hydrogens is 544 g/mol. The van der Waals surface area contributed by atoms with Crippen molar-refractivity contribution in [2.45, 2.75) is 35.6 Å². The van der Waals surface area contributed by atoms with E-state index < -0.39 is 37.3 Å². The molecule has 212 valence electrons. The molecule has 2 aliphatic rings. The van der Waals surface area contributed by atoms with Gasteiger partial charge in [-0.2, -0.15) is 0 Å². The van der Waals surface area contributed by atoms with Gasteiger partial charge in [-0.15, -0.1) is 4.57 Å². The number of nitrogens with zero attached hydrogens (tertiary/aromatic N) is 2. The number of aromatic nitrogens is 1. The number of pyridine rings is 1. The largest absolute Gasteiger partial charge is 0.462 e. The van der Waals surface area contributed by atoms with E-state index >= 15 is 0 Å². The number of fused-ring (bicyclic) bond motifs is 2. The summed E-state index contributed by atoms with van der Waals surface area (Å²) in [4.78, 5) is 3.41. The number of methoxy groups -OCH3 is 1. The third-order valence-corrected chi connectivity index (χ3v) is 8.58. The fourth-order valence-electron chi connectivity index (χ4n) is 5.20. The second kappa shape index (κ2) is 11.3. The van der Waals surface area contributed by atoms with E-state index in [0.717, 1.165) is 27.2 Å². The molecule has 1 aromatic heterocycles. The Bertz CT molecular complexity index is 1590. The molecular formula is C31H31N2O7S+. The second-order valence-corrected chi connectivity index (χ2v) is 11.0. The molecule has 0 saturated carbocycles. The minimum atomic E-state index is -1.51. The SMILES string of the molecule is COc1cc(C=C2Sc3ccccc3N2C)c2ccccc2[n+]1-c1ccc(O[C@@H]2O[C@H](CO)[C@H](O)[C@H](O)[C@H]2O)cc1. The predicted octanol–water partition coefficient (Wildman–Crippen LogP) is 2.84. The number of hydrogen-bond acceptors (Lipinski definition) is 9. The summed E-state index contributed by atoms with van der Waals surface area (Å²) in [5.41, 5.74) is 3.97. The Morgan fingerprint density at radius 3 is 2.41 bits per heavy atom. The van der Waals surface area contributed by atoms with E-state index in [2.05, 4.69) is 36.2 Å². The average molecular weight is 576 g/mol. The van der Waals surface area contributed by atoms with E-state index in [1.165, 1.54) is 10.6 Å². The number of anilines is 1. The number of benzene rings is 3. The van der Waals surface area contributed by atoms with Crippen molar-refractivity contribution in [3.63, 3.8) is 0 Å². The van der Waals surface area contributed by atoms with E-state index in [9.17, 15) is 20.4 Å². The van der Waals surface area contributed by atoms with Crippen molar-refractivity contribution < 1.29 is 39.2 Å². The van der Waals surface area contributed by atoms with Gasteiger partial charge in [-0.3, -0.25) is 0 Å². The molecule has 4 N–H and O–H groups in total. The summed E-state index contributed by atoms with van der Waals surface area (Å²) >= 11 is 1.73. The normalized spacial score (nSPS) is 25.0. The Balaban J connectivity index is 1.33. The molecule has 41 heavy (non-hydrogen) atoms. The van der Waals surface area contributed by atoms with E-state index in [1.54, 1.807) is 31.0 Å². The first kappa shape index (κ1) is 27.5. The van der Waals surface area contributed by atoms with Crippen LogP contribution in [0.4, 0.5) is 5.69 Å². The third-order valence-electron chi connectivity index (χ3n) is 7.41. The molecule has 0 amide bonds. The van der Waals surface area contributed by atoms with Crippen LogP contribution in [0.3, 0.4) is 0 Å². The summed E-state index contributed by atoms with van der Waals surface area (Å²) in [6.07, 6.45) is -4.58. The highest BCUT2D eigenvalue weighted by Crippen LogP contribution is 2.45. The molecule has 6 rings (SSSR count). The van der Waals surface area contributed by atoms with Crippen LogP contribution in [0.2, 0.25) is 0 Å². The highest BCUT2D eigenvalue weighted by molar-refractivity contribution is 8.03. The standard InChI is InChI=1S/C31H31N2O7S/c1-32-23-9-5-6-10-25(23)41-27(32)16-18-15-26(38-2)33(22-8-4-3-7-21(18)22)19-11-13-20(14-12-19)39-31-30(37)29(36)28(35)24(17-34)40-31/h3-16,24,28-31,34-37H,17H2,1-2H3/q+1/t24-,28+,29+,30-,31-/m1/s1. The van der Waals surface area contributed by atoms with Gasteiger partial charge in [0.25, 0.3) is 0 Å². The minimum absolute atomic E-state index is 0.379. The van der Waals surface area contributed by atoms with E-state index in [1.807, 2.05) is 53.1 Å². The van der Waals surface area contributed by atoms with E-state index in [0.29, 0.717) is 11.6 Å². The average Bonchev–Trinajstić information content (AvgIpc) is 3.32. The fourth-order valence-corrected chi connectivity index (χ4v) is 6.30. The number of rotatable bonds is 6. The van der Waals surface area contributed by atoms with Crippen molar-refractivity contribution in [1.82, 2.24) is 0 Å². The smallest absolute Gasteiger partial charge is 0.374 e. The summed E-state index contributed by atoms with van der Waals surface area (Å²) in [5, 5.41) is 42.0. The number of aliphatic hydroxyl groups excluding tert-OH is 4. The highest BCUT2D eigenvalue weighted by atomic mass is 32.2. The third kappa shape index (κ3) is 5.03. The second-order valence-electron chi connectivity index (χ2n) is 9.92. The van der Waals surface area contributed by atoms with Gasteiger partial charge >= 0.3 is 5.88 Å². The molecule has 5 atom stereocenters. The van der Waals surface area contributed by atoms with Gasteiger partial charge in [0.15, 0.2) is 0 Å². The van der Waals surface area contributed by atoms with Crippen LogP contribution in [0.5, 0.6) is 11.6 Å². The van der Waals surface area contributed by atoms with Crippen molar-refractivity contribution in [2.24, 2.45) is 0 Å². The Hall–Kier alpha value is -3.64. The number of aliphatic hydroxyl groups is 4. The summed E-state index contributed by atoms with van der Waals surface area (Å²) in [5.74, 6) is 1.02. The Morgan fingerprint density at radius 2 is 1.68 bits per heavy atom. The Kier molecular flexibility index (Phi) is 7.60. The van der Waals surface area contributed by atoms with Gasteiger partial charge in [-0.05, 0) is 36.4 Å². The van der Waals surface area contributed by atoms with Gasteiger partial charge in [-0.1, -0.05) is 36.0 Å². The fraction of sp³-hybridized carbons (Fsp3) is 0.258. The van der Waals surface area contributed by atoms with Crippen LogP contribution in [0, 0.1) is 0 Å². The van der Waals surface area contributed by atoms with Gasteiger partial charge in [0, 0.05) is 35.7 Å². The highest BCUT2D eigenvalue weighted by Gasteiger charge is 2.44. The lowest BCUT2D eigenvalue weighted by molar-refractivity contribution is -0.575. The maximum Gasteiger partial charge on any atom is 0.374 e. The van der Waals surface area contributed by atoms with Crippen LogP contribution in [0.15, 0.2) is 88.8 Å². The number of para-hydroxylation sites is 2. The van der Waals surface area contributed by atoms with Gasteiger partial charge in [0.1, 0.15) is 30.2 Å². The maximum absolute atomic E-state index is 10.3. The molecule has 0 aliphatic carbocycles. The summed E-state index contributed by atoms with van der Waals surface area (Å²) in [7, 11) is 3.71. The van der Waals surface area contributed by atoms with Crippen molar-refractivity contribution in [2.75, 3.05) is 25.7 Å². The molecule has 0 unspecified atom stereocenters. The molecule has 10 heteroatoms. The lowest BCUT2D eigenvalue weighted by Crippen LogP contribution is -2.60. The lowest BCUT2D eigenvalue weighted by Gasteiger charge is -2.39. The number of thioether (sulfide) groups is 1. The van der Waals surface area contributed by atoms with Gasteiger partial charge in [-0.25, -0.2) is 0 Å². The summed E-state index contributed by atoms with van der Waals surface area (Å²) in [6, 6.07) is 25.6. The minimum Gasteiger partial charge on any atom is -0.462 e. The molecule has 2 aliphatic heterocycles. The zero-order chi connectivity index (χ0) is 28.7. The van der Waals surface area contributed by atoms with Gasteiger partial charge < -0.3 is 39.5 Å². The van der Waals surface area contributed by atoms with Gasteiger partial charge in [0.05, 0.1) is 35.9 Å². The number of hydrogen-bond donors (Lipinski definition) is 4. The first-order valence-electron chi connectivity index (χ1n) is 13.2. The number of ether oxygens (including phenoxy) is 3. The van der Waals surface area contributed by atoms with Crippen LogP contribution in [-0.4, -0.2) is 71.9 Å². The van der Waals surface area contributed by atoms with Crippen LogP contribution in [0.25, 0.3) is 22.7 Å². The molecule has 0 spiro atoms. The van der Waals surface area contributed by atoms with Crippen LogP contribution < -0.4 is 18.9 Å². The zero-order valence-electron chi connectivity index (χ0n) is 22.5. The monoisotopic (exact) mass is 575 g/mol. The van der Waals surface area contributed by atoms with Crippen molar-refractivity contribution >= 4 is 34.4 Å². The topological polar surface area (TPSA) is 116 Å². The van der Waals surface area contributed by atoms with Crippen molar-refractivity contribution in [1.29, 1.82) is 0 Å². The molecule has 0 bridgehead atoms. The zero-order valence-corrected chi connectivity index (χ0v) is 23.3. The Morgan fingerprint density at radius 1 is 0.951 bits per heavy atom. The molecule has 1 saturated heterocycles. The molecule has 9 nitrogen and oxygen atoms in total. The molecule has 0 radical (unpaired) electrons. The molecule has 4 aromatic rings. The van der Waals surface area contributed by atoms with E-state index in [-0.39, 0.29) is 0 Å². The summed E-state index contributed by atoms with van der Waals surface area (Å²) < 4.78 is 19.1. The Labute approximate surface area is 241 Å². The first-order chi connectivity index (χ1) is 19.9. The molecule has 3 heterocycles. The van der Waals surface area contributed by atoms with Crippen LogP contribution in [-0.2, 0) is 4.74 Å².